The van der Waals surface area contributed by atoms with Gasteiger partial charge >= 0.3 is 0 Å². The van der Waals surface area contributed by atoms with Gasteiger partial charge in [-0.15, -0.1) is 0 Å². The van der Waals surface area contributed by atoms with Crippen molar-refractivity contribution in [3.05, 3.63) is 102 Å². The number of benzene rings is 3. The van der Waals surface area contributed by atoms with E-state index in [-0.39, 0.29) is 5.16 Å². The number of hydrogen-bond acceptors (Lipinski definition) is 0. The van der Waals surface area contributed by atoms with E-state index in [4.69, 9.17) is 0 Å². The van der Waals surface area contributed by atoms with Crippen LogP contribution in [0.3, 0.4) is 0 Å². The van der Waals surface area contributed by atoms with Crippen molar-refractivity contribution in [3.8, 4) is 0 Å². The zero-order chi connectivity index (χ0) is 17.1. The Morgan fingerprint density at radius 1 is 0.760 bits per heavy atom. The van der Waals surface area contributed by atoms with Crippen molar-refractivity contribution in [2.75, 3.05) is 0 Å². The Morgan fingerprint density at radius 3 is 1.92 bits per heavy atom. The Bertz CT molecular complexity index is 827. The van der Waals surface area contributed by atoms with Gasteiger partial charge in [0, 0.05) is 5.16 Å². The van der Waals surface area contributed by atoms with E-state index < -0.39 is 7.92 Å². The normalized spacial score (nSPS) is 19.0. The average molecular weight is 342 g/mol. The molecule has 1 heteroatoms. The third-order valence-corrected chi connectivity index (χ3v) is 8.48. The minimum absolute atomic E-state index is 0.156. The minimum atomic E-state index is -0.491. The van der Waals surface area contributed by atoms with Crippen LogP contribution in [0.2, 0.25) is 0 Å². The molecule has 0 radical (unpaired) electrons. The minimum Gasteiger partial charge on any atom is -0.0827 e. The fraction of sp³-hybridized carbons (Fsp3) is 0.167. The van der Waals surface area contributed by atoms with Crippen LogP contribution in [-0.4, -0.2) is 0 Å². The summed E-state index contributed by atoms with van der Waals surface area (Å²) in [7, 11) is -0.491. The number of allylic oxidation sites excluding steroid dienone is 1. The first-order valence-electron chi connectivity index (χ1n) is 9.01. The maximum atomic E-state index is 2.38. The molecule has 1 unspecified atom stereocenters. The van der Waals surface area contributed by atoms with E-state index in [2.05, 4.69) is 104 Å². The summed E-state index contributed by atoms with van der Waals surface area (Å²) < 4.78 is 0. The summed E-state index contributed by atoms with van der Waals surface area (Å²) in [5, 5.41) is 3.09. The highest BCUT2D eigenvalue weighted by Gasteiger charge is 2.41. The van der Waals surface area contributed by atoms with Crippen LogP contribution in [0, 0.1) is 0 Å². The van der Waals surface area contributed by atoms with Crippen molar-refractivity contribution in [2.45, 2.75) is 24.9 Å². The number of fused-ring (bicyclic) bond motifs is 1. The van der Waals surface area contributed by atoms with Gasteiger partial charge in [0.1, 0.15) is 0 Å². The molecule has 0 nitrogen and oxygen atoms in total. The third kappa shape index (κ3) is 2.86. The maximum Gasteiger partial charge on any atom is 0.0272 e. The van der Waals surface area contributed by atoms with Crippen molar-refractivity contribution >= 4 is 24.6 Å². The fourth-order valence-electron chi connectivity index (χ4n) is 4.06. The molecule has 0 saturated carbocycles. The first kappa shape index (κ1) is 16.3. The molecule has 0 aromatic heterocycles. The molecule has 0 fully saturated rings. The molecule has 0 spiro atoms. The molecule has 124 valence electrons. The van der Waals surface area contributed by atoms with Crippen molar-refractivity contribution in [1.82, 2.24) is 0 Å². The molecule has 0 heterocycles. The van der Waals surface area contributed by atoms with Gasteiger partial charge < -0.3 is 0 Å². The Hall–Kier alpha value is -2.17. The standard InChI is InChI=1S/C24H23P/c1-2-24(19-11-13-20-12-9-10-18-23(20)24)25(21-14-5-3-6-15-21)22-16-7-4-8-17-22/h3-18H,2,19H2,1H3. The second kappa shape index (κ2) is 6.98. The molecule has 0 saturated heterocycles. The maximum absolute atomic E-state index is 2.38. The van der Waals surface area contributed by atoms with E-state index in [9.17, 15) is 0 Å². The van der Waals surface area contributed by atoms with Crippen LogP contribution in [0.1, 0.15) is 30.9 Å². The van der Waals surface area contributed by atoms with E-state index in [1.807, 2.05) is 0 Å². The Kier molecular flexibility index (Phi) is 4.55. The lowest BCUT2D eigenvalue weighted by atomic mass is 9.84. The topological polar surface area (TPSA) is 0 Å². The number of rotatable bonds is 4. The Morgan fingerprint density at radius 2 is 1.32 bits per heavy atom. The Balaban J connectivity index is 1.96. The fourth-order valence-corrected chi connectivity index (χ4v) is 7.33. The molecule has 0 aliphatic heterocycles. The highest BCUT2D eigenvalue weighted by Crippen LogP contribution is 2.60. The first-order valence-corrected chi connectivity index (χ1v) is 10.4. The molecule has 25 heavy (non-hydrogen) atoms. The van der Waals surface area contributed by atoms with Crippen LogP contribution < -0.4 is 10.6 Å². The summed E-state index contributed by atoms with van der Waals surface area (Å²) in [5.41, 5.74) is 2.90. The van der Waals surface area contributed by atoms with Gasteiger partial charge in [0.15, 0.2) is 0 Å². The van der Waals surface area contributed by atoms with E-state index in [0.717, 1.165) is 12.8 Å². The smallest absolute Gasteiger partial charge is 0.0272 e. The van der Waals surface area contributed by atoms with Crippen LogP contribution in [0.5, 0.6) is 0 Å². The van der Waals surface area contributed by atoms with Crippen molar-refractivity contribution in [2.24, 2.45) is 0 Å². The SMILES string of the molecule is CCC1(P(c2ccccc2)c2ccccc2)CC=Cc2ccccc21. The molecule has 1 aliphatic carbocycles. The molecule has 3 aromatic rings. The molecule has 0 bridgehead atoms. The predicted octanol–water partition coefficient (Wildman–Crippen LogP) is 5.84. The van der Waals surface area contributed by atoms with E-state index >= 15 is 0 Å². The van der Waals surface area contributed by atoms with Gasteiger partial charge in [0.05, 0.1) is 0 Å². The van der Waals surface area contributed by atoms with E-state index in [1.54, 1.807) is 0 Å². The van der Waals surface area contributed by atoms with Gasteiger partial charge in [-0.3, -0.25) is 0 Å². The second-order valence-electron chi connectivity index (χ2n) is 6.59. The monoisotopic (exact) mass is 342 g/mol. The molecular weight excluding hydrogens is 319 g/mol. The molecule has 1 aliphatic rings. The summed E-state index contributed by atoms with van der Waals surface area (Å²) in [6.45, 7) is 2.36. The summed E-state index contributed by atoms with van der Waals surface area (Å²) in [6, 6.07) is 31.2. The summed E-state index contributed by atoms with van der Waals surface area (Å²) in [4.78, 5) is 0. The van der Waals surface area contributed by atoms with E-state index in [0.29, 0.717) is 0 Å². The zero-order valence-electron chi connectivity index (χ0n) is 14.6. The highest BCUT2D eigenvalue weighted by molar-refractivity contribution is 7.74. The third-order valence-electron chi connectivity index (χ3n) is 5.26. The van der Waals surface area contributed by atoms with E-state index in [1.165, 1.54) is 21.7 Å². The molecule has 3 aromatic carbocycles. The van der Waals surface area contributed by atoms with Gasteiger partial charge in [0.25, 0.3) is 0 Å². The van der Waals surface area contributed by atoms with Crippen molar-refractivity contribution in [1.29, 1.82) is 0 Å². The Labute approximate surface area is 152 Å². The summed E-state index contributed by atoms with van der Waals surface area (Å²) in [6.07, 6.45) is 6.93. The molecule has 4 rings (SSSR count). The first-order chi connectivity index (χ1) is 12.3. The van der Waals surface area contributed by atoms with Crippen molar-refractivity contribution in [3.63, 3.8) is 0 Å². The van der Waals surface area contributed by atoms with Crippen LogP contribution in [0.15, 0.2) is 91.0 Å². The van der Waals surface area contributed by atoms with Gasteiger partial charge in [-0.1, -0.05) is 104 Å². The van der Waals surface area contributed by atoms with Crippen LogP contribution >= 0.6 is 7.92 Å². The largest absolute Gasteiger partial charge is 0.0827 e. The van der Waals surface area contributed by atoms with Gasteiger partial charge in [-0.2, -0.15) is 0 Å². The zero-order valence-corrected chi connectivity index (χ0v) is 15.5. The van der Waals surface area contributed by atoms with Gasteiger partial charge in [0.2, 0.25) is 0 Å². The number of hydrogen-bond donors (Lipinski definition) is 0. The van der Waals surface area contributed by atoms with Crippen LogP contribution in [-0.2, 0) is 5.16 Å². The molecule has 0 amide bonds. The van der Waals surface area contributed by atoms with Crippen LogP contribution in [0.4, 0.5) is 0 Å². The lowest BCUT2D eigenvalue weighted by Crippen LogP contribution is -2.33. The van der Waals surface area contributed by atoms with Gasteiger partial charge in [-0.05, 0) is 42.5 Å². The molecule has 0 N–H and O–H groups in total. The summed E-state index contributed by atoms with van der Waals surface area (Å²) >= 11 is 0. The highest BCUT2D eigenvalue weighted by atomic mass is 31.1. The summed E-state index contributed by atoms with van der Waals surface area (Å²) in [5.74, 6) is 0. The van der Waals surface area contributed by atoms with Gasteiger partial charge in [-0.25, -0.2) is 0 Å². The van der Waals surface area contributed by atoms with Crippen molar-refractivity contribution < 1.29 is 0 Å². The molecule has 1 atom stereocenters. The lowest BCUT2D eigenvalue weighted by molar-refractivity contribution is 0.595. The quantitative estimate of drug-likeness (QED) is 0.522. The predicted molar refractivity (Wildman–Crippen MR) is 111 cm³/mol. The lowest BCUT2D eigenvalue weighted by Gasteiger charge is -2.43. The average Bonchev–Trinajstić information content (AvgIpc) is 2.70. The molecular formula is C24H23P. The van der Waals surface area contributed by atoms with Crippen LogP contribution in [0.25, 0.3) is 6.08 Å². The second-order valence-corrected chi connectivity index (χ2v) is 9.15.